The molecule has 1 aliphatic rings. The highest BCUT2D eigenvalue weighted by atomic mass is 16.2. The van der Waals surface area contributed by atoms with Gasteiger partial charge < -0.3 is 14.8 Å². The summed E-state index contributed by atoms with van der Waals surface area (Å²) in [5.74, 6) is 0. The topological polar surface area (TPSA) is 61.1 Å². The number of para-hydroxylation sites is 1. The minimum Gasteiger partial charge on any atom is -0.340 e. The number of carbonyl (C=O) groups excluding carboxylic acids is 1. The van der Waals surface area contributed by atoms with Crippen molar-refractivity contribution in [2.45, 2.75) is 19.5 Å². The number of urea groups is 1. The van der Waals surface area contributed by atoms with Gasteiger partial charge >= 0.3 is 6.03 Å². The van der Waals surface area contributed by atoms with Gasteiger partial charge in [0, 0.05) is 53.9 Å². The molecule has 5 nitrogen and oxygen atoms in total. The van der Waals surface area contributed by atoms with Crippen LogP contribution in [0.25, 0.3) is 10.9 Å². The lowest BCUT2D eigenvalue weighted by atomic mass is 10.0. The third-order valence-corrected chi connectivity index (χ3v) is 5.90. The largest absolute Gasteiger partial charge is 0.340 e. The van der Waals surface area contributed by atoms with Crippen LogP contribution in [0.3, 0.4) is 0 Å². The Morgan fingerprint density at radius 1 is 0.968 bits per heavy atom. The Bertz CT molecular complexity index is 1280. The molecule has 5 rings (SSSR count). The third-order valence-electron chi connectivity index (χ3n) is 5.90. The van der Waals surface area contributed by atoms with Crippen molar-refractivity contribution in [3.8, 4) is 6.07 Å². The van der Waals surface area contributed by atoms with Crippen molar-refractivity contribution in [1.29, 1.82) is 5.26 Å². The molecule has 0 bridgehead atoms. The fraction of sp³-hybridized carbons (Fsp3) is 0.154. The molecule has 4 aromatic rings. The van der Waals surface area contributed by atoms with E-state index in [1.807, 2.05) is 11.0 Å². The first-order valence-corrected chi connectivity index (χ1v) is 10.4. The Balaban J connectivity index is 1.42. The van der Waals surface area contributed by atoms with E-state index in [1.165, 1.54) is 27.7 Å². The standard InChI is InChI=1S/C26H22N4O/c27-16-19-10-12-21(13-11-19)28-26(31)29-15-14-25-23(18-29)22-8-4-5-9-24(22)30(25)17-20-6-2-1-3-7-20/h1-13H,14-15,17-18H2,(H,28,31). The molecule has 1 aliphatic heterocycles. The molecule has 2 amide bonds. The molecule has 0 unspecified atom stereocenters. The van der Waals surface area contributed by atoms with Gasteiger partial charge in [-0.05, 0) is 35.9 Å². The van der Waals surface area contributed by atoms with Crippen LogP contribution in [0.4, 0.5) is 10.5 Å². The second kappa shape index (κ2) is 8.00. The average Bonchev–Trinajstić information content (AvgIpc) is 3.13. The Kier molecular flexibility index (Phi) is 4.89. The first-order valence-electron chi connectivity index (χ1n) is 10.4. The van der Waals surface area contributed by atoms with Gasteiger partial charge in [0.25, 0.3) is 0 Å². The highest BCUT2D eigenvalue weighted by molar-refractivity contribution is 5.91. The molecule has 5 heteroatoms. The van der Waals surface area contributed by atoms with Crippen LogP contribution < -0.4 is 5.32 Å². The molecule has 0 radical (unpaired) electrons. The summed E-state index contributed by atoms with van der Waals surface area (Å²) < 4.78 is 2.40. The van der Waals surface area contributed by atoms with E-state index in [4.69, 9.17) is 5.26 Å². The minimum absolute atomic E-state index is 0.116. The predicted molar refractivity (Wildman–Crippen MR) is 122 cm³/mol. The first-order chi connectivity index (χ1) is 15.2. The van der Waals surface area contributed by atoms with Crippen LogP contribution in [0.2, 0.25) is 0 Å². The summed E-state index contributed by atoms with van der Waals surface area (Å²) in [7, 11) is 0. The van der Waals surface area contributed by atoms with Crippen molar-refractivity contribution in [2.75, 3.05) is 11.9 Å². The SMILES string of the molecule is N#Cc1ccc(NC(=O)N2CCc3c(c4ccccc4n3Cc3ccccc3)C2)cc1. The molecule has 0 atom stereocenters. The summed E-state index contributed by atoms with van der Waals surface area (Å²) in [4.78, 5) is 14.8. The van der Waals surface area contributed by atoms with Gasteiger partial charge in [-0.3, -0.25) is 0 Å². The van der Waals surface area contributed by atoms with Crippen molar-refractivity contribution < 1.29 is 4.79 Å². The van der Waals surface area contributed by atoms with Gasteiger partial charge in [-0.2, -0.15) is 5.26 Å². The molecule has 2 heterocycles. The molecule has 0 saturated carbocycles. The van der Waals surface area contributed by atoms with E-state index < -0.39 is 0 Å². The van der Waals surface area contributed by atoms with Crippen molar-refractivity contribution in [1.82, 2.24) is 9.47 Å². The zero-order valence-corrected chi connectivity index (χ0v) is 17.1. The molecule has 0 fully saturated rings. The third kappa shape index (κ3) is 3.64. The number of amides is 2. The molecule has 0 saturated heterocycles. The number of benzene rings is 3. The molecular weight excluding hydrogens is 384 g/mol. The van der Waals surface area contributed by atoms with Crippen LogP contribution >= 0.6 is 0 Å². The molecule has 0 spiro atoms. The summed E-state index contributed by atoms with van der Waals surface area (Å²) in [5.41, 5.74) is 6.30. The number of hydrogen-bond donors (Lipinski definition) is 1. The maximum atomic E-state index is 12.9. The van der Waals surface area contributed by atoms with Gasteiger partial charge in [-0.15, -0.1) is 0 Å². The number of rotatable bonds is 3. The smallest absolute Gasteiger partial charge is 0.322 e. The van der Waals surface area contributed by atoms with Crippen molar-refractivity contribution >= 4 is 22.6 Å². The maximum Gasteiger partial charge on any atom is 0.322 e. The summed E-state index contributed by atoms with van der Waals surface area (Å²) in [5, 5.41) is 13.1. The van der Waals surface area contributed by atoms with Crippen molar-refractivity contribution in [2.24, 2.45) is 0 Å². The average molecular weight is 406 g/mol. The molecule has 31 heavy (non-hydrogen) atoms. The van der Waals surface area contributed by atoms with Crippen molar-refractivity contribution in [3.63, 3.8) is 0 Å². The van der Waals surface area contributed by atoms with Gasteiger partial charge in [0.2, 0.25) is 0 Å². The fourth-order valence-electron chi connectivity index (χ4n) is 4.35. The van der Waals surface area contributed by atoms with Crippen LogP contribution in [-0.4, -0.2) is 22.0 Å². The molecule has 3 aromatic carbocycles. The van der Waals surface area contributed by atoms with E-state index >= 15 is 0 Å². The maximum absolute atomic E-state index is 12.9. The molecule has 1 N–H and O–H groups in total. The Labute approximate surface area is 181 Å². The molecule has 152 valence electrons. The Hall–Kier alpha value is -4.04. The van der Waals surface area contributed by atoms with Crippen molar-refractivity contribution in [3.05, 3.63) is 101 Å². The first kappa shape index (κ1) is 19.0. The second-order valence-electron chi connectivity index (χ2n) is 7.81. The predicted octanol–water partition coefficient (Wildman–Crippen LogP) is 5.15. The molecule has 1 aromatic heterocycles. The zero-order valence-electron chi connectivity index (χ0n) is 17.1. The van der Waals surface area contributed by atoms with E-state index in [9.17, 15) is 4.79 Å². The van der Waals surface area contributed by atoms with Crippen LogP contribution in [0.15, 0.2) is 78.9 Å². The Morgan fingerprint density at radius 3 is 2.48 bits per heavy atom. The van der Waals surface area contributed by atoms with Crippen LogP contribution in [0, 0.1) is 11.3 Å². The van der Waals surface area contributed by atoms with E-state index in [0.29, 0.717) is 24.3 Å². The number of nitrogens with one attached hydrogen (secondary N) is 1. The second-order valence-corrected chi connectivity index (χ2v) is 7.81. The number of nitriles is 1. The summed E-state index contributed by atoms with van der Waals surface area (Å²) in [6.07, 6.45) is 0.817. The number of anilines is 1. The summed E-state index contributed by atoms with van der Waals surface area (Å²) >= 11 is 0. The van der Waals surface area contributed by atoms with E-state index in [2.05, 4.69) is 64.5 Å². The summed E-state index contributed by atoms with van der Waals surface area (Å²) in [6, 6.07) is 27.9. The number of aromatic nitrogens is 1. The van der Waals surface area contributed by atoms with E-state index in [1.54, 1.807) is 24.3 Å². The van der Waals surface area contributed by atoms with Gasteiger partial charge in [0.1, 0.15) is 0 Å². The Morgan fingerprint density at radius 2 is 1.71 bits per heavy atom. The number of fused-ring (bicyclic) bond motifs is 3. The van der Waals surface area contributed by atoms with Crippen LogP contribution in [-0.2, 0) is 19.5 Å². The van der Waals surface area contributed by atoms with Crippen LogP contribution in [0.1, 0.15) is 22.4 Å². The molecular formula is C26H22N4O. The minimum atomic E-state index is -0.116. The zero-order chi connectivity index (χ0) is 21.2. The lowest BCUT2D eigenvalue weighted by Gasteiger charge is -2.28. The lowest BCUT2D eigenvalue weighted by molar-refractivity contribution is 0.206. The van der Waals surface area contributed by atoms with Gasteiger partial charge in [-0.1, -0.05) is 48.5 Å². The monoisotopic (exact) mass is 406 g/mol. The van der Waals surface area contributed by atoms with Gasteiger partial charge in [0.05, 0.1) is 11.6 Å². The van der Waals surface area contributed by atoms with Gasteiger partial charge in [-0.25, -0.2) is 4.79 Å². The highest BCUT2D eigenvalue weighted by Crippen LogP contribution is 2.32. The van der Waals surface area contributed by atoms with Crippen LogP contribution in [0.5, 0.6) is 0 Å². The number of hydrogen-bond acceptors (Lipinski definition) is 2. The highest BCUT2D eigenvalue weighted by Gasteiger charge is 2.26. The fourth-order valence-corrected chi connectivity index (χ4v) is 4.35. The molecule has 0 aliphatic carbocycles. The lowest BCUT2D eigenvalue weighted by Crippen LogP contribution is -2.39. The summed E-state index contributed by atoms with van der Waals surface area (Å²) in [6.45, 7) is 2.08. The normalized spacial score (nSPS) is 12.9. The van der Waals surface area contributed by atoms with Gasteiger partial charge in [0.15, 0.2) is 0 Å². The quantitative estimate of drug-likeness (QED) is 0.511. The number of nitrogens with zero attached hydrogens (tertiary/aromatic N) is 3. The number of carbonyl (C=O) groups is 1. The van der Waals surface area contributed by atoms with E-state index in [-0.39, 0.29) is 6.03 Å². The van der Waals surface area contributed by atoms with E-state index in [0.717, 1.165) is 13.0 Å².